The molecule has 1 aromatic heterocycles. The first-order chi connectivity index (χ1) is 10.2. The number of hydrogen-bond acceptors (Lipinski definition) is 4. The Morgan fingerprint density at radius 2 is 1.86 bits per heavy atom. The van der Waals surface area contributed by atoms with Crippen LogP contribution in [-0.2, 0) is 13.1 Å². The molecule has 0 saturated heterocycles. The monoisotopic (exact) mass is 412 g/mol. The lowest BCUT2D eigenvalue weighted by Crippen LogP contribution is -2.17. The van der Waals surface area contributed by atoms with Crippen molar-refractivity contribution in [2.24, 2.45) is 0 Å². The van der Waals surface area contributed by atoms with E-state index in [1.807, 2.05) is 24.3 Å². The van der Waals surface area contributed by atoms with E-state index in [2.05, 4.69) is 42.2 Å². The van der Waals surface area contributed by atoms with Crippen LogP contribution in [0, 0.1) is 0 Å². The summed E-state index contributed by atoms with van der Waals surface area (Å²) in [5.74, 6) is 1.64. The molecule has 1 N–H and O–H groups in total. The molecular formula is C15H14Br2N2O2. The highest BCUT2D eigenvalue weighted by molar-refractivity contribution is 9.11. The largest absolute Gasteiger partial charge is 0.486 e. The summed E-state index contributed by atoms with van der Waals surface area (Å²) >= 11 is 6.91. The minimum absolute atomic E-state index is 0.611. The van der Waals surface area contributed by atoms with Crippen molar-refractivity contribution in [2.75, 3.05) is 13.2 Å². The summed E-state index contributed by atoms with van der Waals surface area (Å²) in [5, 5.41) is 3.38. The summed E-state index contributed by atoms with van der Waals surface area (Å²) in [5.41, 5.74) is 2.14. The number of aromatic nitrogens is 1. The number of benzene rings is 1. The van der Waals surface area contributed by atoms with Gasteiger partial charge < -0.3 is 14.8 Å². The molecule has 1 aliphatic heterocycles. The van der Waals surface area contributed by atoms with Crippen LogP contribution in [0.25, 0.3) is 0 Å². The second-order valence-electron chi connectivity index (χ2n) is 4.66. The Kier molecular flexibility index (Phi) is 4.77. The predicted octanol–water partition coefficient (Wildman–Crippen LogP) is 3.67. The summed E-state index contributed by atoms with van der Waals surface area (Å²) in [7, 11) is 0. The molecule has 110 valence electrons. The lowest BCUT2D eigenvalue weighted by molar-refractivity contribution is 0.171. The molecule has 0 radical (unpaired) electrons. The Balaban J connectivity index is 1.60. The van der Waals surface area contributed by atoms with Crippen molar-refractivity contribution in [3.8, 4) is 11.5 Å². The van der Waals surface area contributed by atoms with E-state index >= 15 is 0 Å². The van der Waals surface area contributed by atoms with Gasteiger partial charge in [0.2, 0.25) is 0 Å². The Hall–Kier alpha value is -1.11. The van der Waals surface area contributed by atoms with Crippen molar-refractivity contribution >= 4 is 31.9 Å². The third-order valence-corrected chi connectivity index (χ3v) is 4.23. The van der Waals surface area contributed by atoms with Crippen molar-refractivity contribution in [3.05, 3.63) is 50.7 Å². The summed E-state index contributed by atoms with van der Waals surface area (Å²) in [4.78, 5) is 4.38. The number of hydrogen-bond donors (Lipinski definition) is 1. The van der Waals surface area contributed by atoms with Gasteiger partial charge in [-0.05, 0) is 55.6 Å². The Bertz CT molecular complexity index is 650. The van der Waals surface area contributed by atoms with Gasteiger partial charge in [0.05, 0.1) is 5.69 Å². The van der Waals surface area contributed by atoms with Gasteiger partial charge in [0.25, 0.3) is 0 Å². The van der Waals surface area contributed by atoms with Crippen molar-refractivity contribution in [2.45, 2.75) is 13.1 Å². The highest BCUT2D eigenvalue weighted by atomic mass is 79.9. The molecule has 0 bridgehead atoms. The third kappa shape index (κ3) is 3.75. The van der Waals surface area contributed by atoms with Gasteiger partial charge in [-0.25, -0.2) is 0 Å². The molecule has 3 rings (SSSR count). The normalized spacial score (nSPS) is 13.2. The van der Waals surface area contributed by atoms with Crippen molar-refractivity contribution in [1.29, 1.82) is 0 Å². The minimum Gasteiger partial charge on any atom is -0.486 e. The van der Waals surface area contributed by atoms with Crippen molar-refractivity contribution in [3.63, 3.8) is 0 Å². The van der Waals surface area contributed by atoms with Crippen molar-refractivity contribution in [1.82, 2.24) is 10.3 Å². The first kappa shape index (κ1) is 14.8. The van der Waals surface area contributed by atoms with Gasteiger partial charge in [-0.3, -0.25) is 4.98 Å². The SMILES string of the molecule is Brc1cnc(CNCc2ccc3c(c2)OCCO3)c(Br)c1. The highest BCUT2D eigenvalue weighted by Gasteiger charge is 2.11. The van der Waals surface area contributed by atoms with Crippen LogP contribution >= 0.6 is 31.9 Å². The van der Waals surface area contributed by atoms with Gasteiger partial charge >= 0.3 is 0 Å². The Labute approximate surface area is 140 Å². The summed E-state index contributed by atoms with van der Waals surface area (Å²) in [6.07, 6.45) is 1.80. The molecule has 4 nitrogen and oxygen atoms in total. The van der Waals surface area contributed by atoms with Crippen molar-refractivity contribution < 1.29 is 9.47 Å². The molecule has 0 atom stereocenters. The molecule has 2 heterocycles. The maximum absolute atomic E-state index is 5.58. The predicted molar refractivity (Wildman–Crippen MR) is 87.6 cm³/mol. The summed E-state index contributed by atoms with van der Waals surface area (Å²) in [6, 6.07) is 8.02. The molecule has 1 aromatic carbocycles. The number of rotatable bonds is 4. The maximum atomic E-state index is 5.58. The number of ether oxygens (including phenoxy) is 2. The number of fused-ring (bicyclic) bond motifs is 1. The number of halogens is 2. The number of pyridine rings is 1. The number of nitrogens with zero attached hydrogens (tertiary/aromatic N) is 1. The van der Waals surface area contributed by atoms with Crippen LogP contribution in [0.4, 0.5) is 0 Å². The van der Waals surface area contributed by atoms with E-state index in [9.17, 15) is 0 Å². The van der Waals surface area contributed by atoms with E-state index in [1.54, 1.807) is 6.20 Å². The van der Waals surface area contributed by atoms with Crippen LogP contribution in [0.15, 0.2) is 39.4 Å². The molecule has 0 spiro atoms. The quantitative estimate of drug-likeness (QED) is 0.830. The minimum atomic E-state index is 0.611. The molecule has 0 amide bonds. The van der Waals surface area contributed by atoms with Gasteiger partial charge in [0.15, 0.2) is 11.5 Å². The first-order valence-electron chi connectivity index (χ1n) is 6.61. The highest BCUT2D eigenvalue weighted by Crippen LogP contribution is 2.30. The molecule has 0 aliphatic carbocycles. The van der Waals surface area contributed by atoms with E-state index in [4.69, 9.17) is 9.47 Å². The summed E-state index contributed by atoms with van der Waals surface area (Å²) < 4.78 is 13.1. The van der Waals surface area contributed by atoms with Gasteiger partial charge in [0.1, 0.15) is 13.2 Å². The van der Waals surface area contributed by atoms with Crippen LogP contribution < -0.4 is 14.8 Å². The molecule has 0 fully saturated rings. The van der Waals surface area contributed by atoms with Gasteiger partial charge in [-0.2, -0.15) is 0 Å². The van der Waals surface area contributed by atoms with Crippen LogP contribution in [0.5, 0.6) is 11.5 Å². The molecule has 6 heteroatoms. The fourth-order valence-corrected chi connectivity index (χ4v) is 3.22. The fourth-order valence-electron chi connectivity index (χ4n) is 2.10. The lowest BCUT2D eigenvalue weighted by atomic mass is 10.2. The molecule has 1 aliphatic rings. The van der Waals surface area contributed by atoms with Gasteiger partial charge in [-0.15, -0.1) is 0 Å². The topological polar surface area (TPSA) is 43.4 Å². The molecule has 0 unspecified atom stereocenters. The second-order valence-corrected chi connectivity index (χ2v) is 6.43. The zero-order valence-corrected chi connectivity index (χ0v) is 14.4. The zero-order valence-electron chi connectivity index (χ0n) is 11.2. The van der Waals surface area contributed by atoms with Gasteiger partial charge in [0, 0.05) is 28.2 Å². The van der Waals surface area contributed by atoms with Crippen LogP contribution in [0.1, 0.15) is 11.3 Å². The fraction of sp³-hybridized carbons (Fsp3) is 0.267. The summed E-state index contributed by atoms with van der Waals surface area (Å²) in [6.45, 7) is 2.68. The lowest BCUT2D eigenvalue weighted by Gasteiger charge is -2.19. The van der Waals surface area contributed by atoms with Gasteiger partial charge in [-0.1, -0.05) is 6.07 Å². The second kappa shape index (κ2) is 6.77. The Morgan fingerprint density at radius 1 is 1.05 bits per heavy atom. The van der Waals surface area contributed by atoms with E-state index in [0.29, 0.717) is 19.8 Å². The smallest absolute Gasteiger partial charge is 0.161 e. The first-order valence-corrected chi connectivity index (χ1v) is 8.20. The average molecular weight is 414 g/mol. The molecule has 2 aromatic rings. The van der Waals surface area contributed by atoms with Crippen LogP contribution in [-0.4, -0.2) is 18.2 Å². The van der Waals surface area contributed by atoms with E-state index < -0.39 is 0 Å². The zero-order chi connectivity index (χ0) is 14.7. The molecule has 21 heavy (non-hydrogen) atoms. The maximum Gasteiger partial charge on any atom is 0.161 e. The van der Waals surface area contributed by atoms with E-state index in [0.717, 1.165) is 38.2 Å². The van der Waals surface area contributed by atoms with Crippen LogP contribution in [0.2, 0.25) is 0 Å². The van der Waals surface area contributed by atoms with E-state index in [1.165, 1.54) is 0 Å². The number of nitrogens with one attached hydrogen (secondary N) is 1. The standard InChI is InChI=1S/C15H14Br2N2O2/c16-11-6-12(17)13(19-8-11)9-18-7-10-1-2-14-15(5-10)21-4-3-20-14/h1-2,5-6,8,18H,3-4,7,9H2. The Morgan fingerprint density at radius 3 is 2.67 bits per heavy atom. The molecule has 0 saturated carbocycles. The average Bonchev–Trinajstić information content (AvgIpc) is 2.49. The van der Waals surface area contributed by atoms with E-state index in [-0.39, 0.29) is 0 Å². The molecular weight excluding hydrogens is 400 g/mol. The third-order valence-electron chi connectivity index (χ3n) is 3.11. The van der Waals surface area contributed by atoms with Crippen LogP contribution in [0.3, 0.4) is 0 Å².